The van der Waals surface area contributed by atoms with Crippen LogP contribution in [0.5, 0.6) is 0 Å². The quantitative estimate of drug-likeness (QED) is 0.836. The van der Waals surface area contributed by atoms with E-state index in [2.05, 4.69) is 5.32 Å². The molecule has 3 unspecified atom stereocenters. The fourth-order valence-electron chi connectivity index (χ4n) is 2.08. The number of rotatable bonds is 5. The van der Waals surface area contributed by atoms with E-state index in [1.807, 2.05) is 0 Å². The van der Waals surface area contributed by atoms with E-state index < -0.39 is 17.7 Å². The van der Waals surface area contributed by atoms with Gasteiger partial charge in [-0.05, 0) is 18.6 Å². The van der Waals surface area contributed by atoms with Crippen LogP contribution < -0.4 is 11.1 Å². The van der Waals surface area contributed by atoms with Crippen LogP contribution in [-0.4, -0.2) is 31.7 Å². The number of ether oxygens (including phenoxy) is 1. The lowest BCUT2D eigenvalue weighted by Gasteiger charge is -2.11. The minimum absolute atomic E-state index is 0.0353. The number of nitrogens with two attached hydrogens (primary N) is 1. The van der Waals surface area contributed by atoms with Gasteiger partial charge in [-0.25, -0.2) is 8.78 Å². The zero-order valence-corrected chi connectivity index (χ0v) is 10.5. The summed E-state index contributed by atoms with van der Waals surface area (Å²) in [5, 5.41) is 2.66. The lowest BCUT2D eigenvalue weighted by atomic mass is 10.1. The molecule has 1 fully saturated rings. The molecule has 1 aliphatic carbocycles. The fraction of sp³-hybridized carbons (Fsp3) is 0.462. The monoisotopic (exact) mass is 270 g/mol. The topological polar surface area (TPSA) is 64.3 Å². The molecule has 1 aliphatic rings. The minimum atomic E-state index is -0.767. The molecule has 1 amide bonds. The van der Waals surface area contributed by atoms with Gasteiger partial charge in [-0.2, -0.15) is 0 Å². The van der Waals surface area contributed by atoms with Gasteiger partial charge in [0, 0.05) is 24.6 Å². The molecule has 19 heavy (non-hydrogen) atoms. The molecule has 0 heterocycles. The highest BCUT2D eigenvalue weighted by Gasteiger charge is 2.43. The predicted molar refractivity (Wildman–Crippen MR) is 65.5 cm³/mol. The van der Waals surface area contributed by atoms with Crippen LogP contribution in [-0.2, 0) is 9.53 Å². The average Bonchev–Trinajstić information content (AvgIpc) is 3.08. The molecule has 4 nitrogen and oxygen atoms in total. The number of carbonyl (C=O) groups excluding carboxylic acids is 1. The summed E-state index contributed by atoms with van der Waals surface area (Å²) in [7, 11) is 1.45. The Morgan fingerprint density at radius 2 is 2.16 bits per heavy atom. The Hall–Kier alpha value is -1.53. The maximum Gasteiger partial charge on any atom is 0.239 e. The van der Waals surface area contributed by atoms with Gasteiger partial charge in [-0.3, -0.25) is 4.79 Å². The molecule has 2 rings (SSSR count). The lowest BCUT2D eigenvalue weighted by Crippen LogP contribution is -2.44. The molecule has 0 aromatic heterocycles. The van der Waals surface area contributed by atoms with Gasteiger partial charge >= 0.3 is 0 Å². The zero-order chi connectivity index (χ0) is 14.0. The molecular weight excluding hydrogens is 254 g/mol. The number of hydrogen-bond acceptors (Lipinski definition) is 3. The van der Waals surface area contributed by atoms with Crippen LogP contribution in [0.25, 0.3) is 0 Å². The molecule has 0 aliphatic heterocycles. The van der Waals surface area contributed by atoms with Crippen LogP contribution in [0.15, 0.2) is 18.2 Å². The minimum Gasteiger partial charge on any atom is -0.383 e. The Kier molecular flexibility index (Phi) is 4.11. The largest absolute Gasteiger partial charge is 0.383 e. The third-order valence-corrected chi connectivity index (χ3v) is 3.17. The number of benzene rings is 1. The Bertz CT molecular complexity index is 461. The first-order chi connectivity index (χ1) is 9.04. The molecule has 1 aromatic carbocycles. The first kappa shape index (κ1) is 13.9. The number of carbonyl (C=O) groups is 1. The third-order valence-electron chi connectivity index (χ3n) is 3.17. The number of methoxy groups -OCH3 is 1. The Morgan fingerprint density at radius 3 is 2.74 bits per heavy atom. The second kappa shape index (κ2) is 5.63. The molecule has 104 valence electrons. The van der Waals surface area contributed by atoms with Gasteiger partial charge in [-0.15, -0.1) is 0 Å². The Balaban J connectivity index is 1.96. The molecule has 3 N–H and O–H groups in total. The highest BCUT2D eigenvalue weighted by molar-refractivity contribution is 5.82. The standard InChI is InChI=1S/C13H16F2N2O2/c1-19-6-10(16)13(18)17-11-5-7(11)12-8(14)3-2-4-9(12)15/h2-4,7,10-11H,5-6,16H2,1H3,(H,17,18). The first-order valence-corrected chi connectivity index (χ1v) is 6.03. The molecule has 0 bridgehead atoms. The van der Waals surface area contributed by atoms with Gasteiger partial charge in [-0.1, -0.05) is 6.07 Å². The van der Waals surface area contributed by atoms with Crippen molar-refractivity contribution in [3.8, 4) is 0 Å². The van der Waals surface area contributed by atoms with E-state index >= 15 is 0 Å². The van der Waals surface area contributed by atoms with Crippen LogP contribution in [0.2, 0.25) is 0 Å². The number of amides is 1. The Morgan fingerprint density at radius 1 is 1.53 bits per heavy atom. The molecule has 0 spiro atoms. The summed E-state index contributed by atoms with van der Waals surface area (Å²) >= 11 is 0. The predicted octanol–water partition coefficient (Wildman–Crippen LogP) is 0.911. The molecule has 3 atom stereocenters. The van der Waals surface area contributed by atoms with Gasteiger partial charge < -0.3 is 15.8 Å². The maximum absolute atomic E-state index is 13.5. The van der Waals surface area contributed by atoms with E-state index in [1.165, 1.54) is 25.3 Å². The van der Waals surface area contributed by atoms with Crippen LogP contribution in [0, 0.1) is 11.6 Å². The van der Waals surface area contributed by atoms with Gasteiger partial charge in [0.15, 0.2) is 0 Å². The highest BCUT2D eigenvalue weighted by Crippen LogP contribution is 2.43. The van der Waals surface area contributed by atoms with E-state index in [0.717, 1.165) is 0 Å². The van der Waals surface area contributed by atoms with Crippen molar-refractivity contribution in [2.24, 2.45) is 5.73 Å². The van der Waals surface area contributed by atoms with Crippen LogP contribution in [0.3, 0.4) is 0 Å². The molecule has 1 saturated carbocycles. The molecule has 6 heteroatoms. The van der Waals surface area contributed by atoms with Crippen molar-refractivity contribution in [1.82, 2.24) is 5.32 Å². The van der Waals surface area contributed by atoms with Crippen LogP contribution in [0.4, 0.5) is 8.78 Å². The summed E-state index contributed by atoms with van der Waals surface area (Å²) in [5.74, 6) is -1.85. The van der Waals surface area contributed by atoms with Crippen molar-refractivity contribution >= 4 is 5.91 Å². The second-order valence-corrected chi connectivity index (χ2v) is 4.65. The normalized spacial score (nSPS) is 22.9. The first-order valence-electron chi connectivity index (χ1n) is 6.03. The third kappa shape index (κ3) is 3.08. The number of nitrogens with one attached hydrogen (secondary N) is 1. The van der Waals surface area contributed by atoms with Crippen molar-refractivity contribution in [2.45, 2.75) is 24.4 Å². The second-order valence-electron chi connectivity index (χ2n) is 4.65. The Labute approximate surface area is 109 Å². The smallest absolute Gasteiger partial charge is 0.239 e. The van der Waals surface area contributed by atoms with Gasteiger partial charge in [0.25, 0.3) is 0 Å². The summed E-state index contributed by atoms with van der Waals surface area (Å²) in [4.78, 5) is 11.6. The number of hydrogen-bond donors (Lipinski definition) is 2. The van der Waals surface area contributed by atoms with Crippen molar-refractivity contribution in [3.63, 3.8) is 0 Å². The van der Waals surface area contributed by atoms with Crippen molar-refractivity contribution in [2.75, 3.05) is 13.7 Å². The van der Waals surface area contributed by atoms with Crippen LogP contribution in [0.1, 0.15) is 17.9 Å². The highest BCUT2D eigenvalue weighted by atomic mass is 19.1. The summed E-state index contributed by atoms with van der Waals surface area (Å²) in [6, 6.07) is 2.72. The van der Waals surface area contributed by atoms with Crippen molar-refractivity contribution in [1.29, 1.82) is 0 Å². The lowest BCUT2D eigenvalue weighted by molar-refractivity contribution is -0.123. The van der Waals surface area contributed by atoms with E-state index in [-0.39, 0.29) is 30.0 Å². The summed E-state index contributed by atoms with van der Waals surface area (Å²) in [6.07, 6.45) is 0.517. The van der Waals surface area contributed by atoms with E-state index in [4.69, 9.17) is 10.5 Å². The molecule has 1 aromatic rings. The molecule has 0 saturated heterocycles. The molecular formula is C13H16F2N2O2. The van der Waals surface area contributed by atoms with Crippen molar-refractivity contribution in [3.05, 3.63) is 35.4 Å². The fourth-order valence-corrected chi connectivity index (χ4v) is 2.08. The van der Waals surface area contributed by atoms with Gasteiger partial charge in [0.05, 0.1) is 6.61 Å². The summed E-state index contributed by atoms with van der Waals surface area (Å²) in [6.45, 7) is 0.108. The summed E-state index contributed by atoms with van der Waals surface area (Å²) < 4.78 is 31.8. The van der Waals surface area contributed by atoms with E-state index in [0.29, 0.717) is 6.42 Å². The van der Waals surface area contributed by atoms with E-state index in [1.54, 1.807) is 0 Å². The van der Waals surface area contributed by atoms with Gasteiger partial charge in [0.1, 0.15) is 17.7 Å². The number of halogens is 2. The average molecular weight is 270 g/mol. The SMILES string of the molecule is COCC(N)C(=O)NC1CC1c1c(F)cccc1F. The van der Waals surface area contributed by atoms with Gasteiger partial charge in [0.2, 0.25) is 5.91 Å². The maximum atomic E-state index is 13.5. The van der Waals surface area contributed by atoms with E-state index in [9.17, 15) is 13.6 Å². The zero-order valence-electron chi connectivity index (χ0n) is 10.5. The van der Waals surface area contributed by atoms with Crippen LogP contribution >= 0.6 is 0 Å². The molecule has 0 radical (unpaired) electrons. The van der Waals surface area contributed by atoms with Crippen molar-refractivity contribution < 1.29 is 18.3 Å². The summed E-state index contributed by atoms with van der Waals surface area (Å²) in [5.41, 5.74) is 5.60.